The summed E-state index contributed by atoms with van der Waals surface area (Å²) < 4.78 is 0. The Kier molecular flexibility index (Phi) is 4.46. The molecule has 0 bridgehead atoms. The van der Waals surface area contributed by atoms with E-state index < -0.39 is 0 Å². The highest BCUT2D eigenvalue weighted by atomic mass is 15.3. The fraction of sp³-hybridized carbons (Fsp3) is 0. The van der Waals surface area contributed by atoms with Gasteiger partial charge in [-0.3, -0.25) is 0 Å². The average molecular weight is 360 g/mol. The first kappa shape index (κ1) is 15.9. The van der Waals surface area contributed by atoms with E-state index in [9.17, 15) is 0 Å². The predicted octanol–water partition coefficient (Wildman–Crippen LogP) is -0.871. The van der Waals surface area contributed by atoms with E-state index in [4.69, 9.17) is 0 Å². The second kappa shape index (κ2) is 7.55. The van der Waals surface area contributed by atoms with Crippen LogP contribution in [0.4, 0.5) is 35.7 Å². The van der Waals surface area contributed by atoms with E-state index in [0.717, 1.165) is 0 Å². The van der Waals surface area contributed by atoms with Crippen LogP contribution < -0.4 is 16.0 Å². The summed E-state index contributed by atoms with van der Waals surface area (Å²) in [5.74, 6) is 0.223. The van der Waals surface area contributed by atoms with E-state index in [0.29, 0.717) is 0 Å². The van der Waals surface area contributed by atoms with Gasteiger partial charge in [-0.2, -0.15) is 60.8 Å². The van der Waals surface area contributed by atoms with Crippen LogP contribution in [0, 0.1) is 0 Å². The normalized spacial score (nSPS) is 10.2. The second-order valence-corrected chi connectivity index (χ2v) is 4.39. The van der Waals surface area contributed by atoms with Crippen molar-refractivity contribution in [2.75, 3.05) is 0 Å². The molecule has 4 aromatic heterocycles. The van der Waals surface area contributed by atoms with E-state index in [1.54, 1.807) is 0 Å². The first-order chi connectivity index (χ1) is 13.3. The van der Waals surface area contributed by atoms with Crippen molar-refractivity contribution in [2.24, 2.45) is 0 Å². The van der Waals surface area contributed by atoms with Gasteiger partial charge < -0.3 is 0 Å². The lowest BCUT2D eigenvalue weighted by Crippen LogP contribution is -2.09. The van der Waals surface area contributed by atoms with Gasteiger partial charge >= 0.3 is 0 Å². The third-order valence-corrected chi connectivity index (χ3v) is 2.64. The van der Waals surface area contributed by atoms with Crippen LogP contribution in [0.5, 0.6) is 0 Å². The summed E-state index contributed by atoms with van der Waals surface area (Å²) in [7, 11) is 0. The van der Waals surface area contributed by atoms with Crippen LogP contribution in [0.15, 0.2) is 38.0 Å². The molecule has 129 valence electrons. The van der Waals surface area contributed by atoms with E-state index in [-0.39, 0.29) is 35.7 Å². The summed E-state index contributed by atoms with van der Waals surface area (Å²) in [6.07, 6.45) is 7.75. The largest absolute Gasteiger partial charge is 0.259 e. The van der Waals surface area contributed by atoms with Crippen molar-refractivity contribution in [2.45, 2.75) is 0 Å². The number of rotatable bonds is 6. The van der Waals surface area contributed by atoms with E-state index >= 15 is 0 Å². The lowest BCUT2D eigenvalue weighted by Gasteiger charge is -2.05. The van der Waals surface area contributed by atoms with Gasteiger partial charge in [-0.15, -0.1) is 0 Å². The molecule has 0 N–H and O–H groups in total. The molecule has 15 nitrogen and oxygen atoms in total. The maximum Gasteiger partial charge on any atom is 0.259 e. The first-order valence-corrected chi connectivity index (χ1v) is 7.12. The molecule has 0 atom stereocenters. The van der Waals surface area contributed by atoms with Crippen LogP contribution in [-0.2, 0) is 0 Å². The van der Waals surface area contributed by atoms with Crippen molar-refractivity contribution < 1.29 is 0 Å². The van der Waals surface area contributed by atoms with E-state index in [2.05, 4.69) is 75.8 Å². The van der Waals surface area contributed by atoms with Gasteiger partial charge in [0.15, 0.2) is 0 Å². The molecule has 0 spiro atoms. The van der Waals surface area contributed by atoms with E-state index in [1.807, 2.05) is 0 Å². The molecule has 4 heterocycles. The number of hydrogen-bond donors (Lipinski definition) is 0. The van der Waals surface area contributed by atoms with Gasteiger partial charge in [0.1, 0.15) is 38.0 Å². The summed E-state index contributed by atoms with van der Waals surface area (Å²) in [6, 6.07) is 0. The fourth-order valence-corrected chi connectivity index (χ4v) is 1.63. The molecular formula is C12H6N15. The molecule has 4 aromatic rings. The highest BCUT2D eigenvalue weighted by Gasteiger charge is 2.14. The van der Waals surface area contributed by atoms with Crippen LogP contribution in [0.1, 0.15) is 0 Å². The Morgan fingerprint density at radius 1 is 0.370 bits per heavy atom. The molecule has 0 aliphatic carbocycles. The van der Waals surface area contributed by atoms with Crippen molar-refractivity contribution in [1.29, 1.82) is 0 Å². The molecule has 27 heavy (non-hydrogen) atoms. The topological polar surface area (TPSA) is 197 Å². The molecule has 0 unspecified atom stereocenters. The second-order valence-electron chi connectivity index (χ2n) is 4.39. The predicted molar refractivity (Wildman–Crippen MR) is 83.7 cm³/mol. The van der Waals surface area contributed by atoms with Gasteiger partial charge in [0.25, 0.3) is 35.7 Å². The molecule has 0 saturated carbocycles. The Bertz CT molecular complexity index is 853. The molecule has 0 fully saturated rings. The first-order valence-electron chi connectivity index (χ1n) is 7.12. The summed E-state index contributed by atoms with van der Waals surface area (Å²) in [5.41, 5.74) is 0. The van der Waals surface area contributed by atoms with Crippen molar-refractivity contribution >= 4 is 35.7 Å². The summed E-state index contributed by atoms with van der Waals surface area (Å²) >= 11 is 0. The zero-order chi connectivity index (χ0) is 18.3. The third kappa shape index (κ3) is 4.29. The number of aromatic nitrogens is 12. The van der Waals surface area contributed by atoms with Crippen LogP contribution in [0.3, 0.4) is 0 Å². The molecule has 15 heteroatoms. The zero-order valence-electron chi connectivity index (χ0n) is 13.2. The standard InChI is InChI=1S/C12H6N15/c1-13-2-17-7(16-1)22-10-25-11(23-8-18-3-14-4-19-8)27-12(26-10)24-9-20-5-15-6-21-9/h1-6H. The van der Waals surface area contributed by atoms with Gasteiger partial charge in [-0.1, -0.05) is 0 Å². The van der Waals surface area contributed by atoms with Crippen molar-refractivity contribution in [1.82, 2.24) is 75.8 Å². The molecule has 3 radical (unpaired) electrons. The Hall–Kier alpha value is -4.56. The van der Waals surface area contributed by atoms with Gasteiger partial charge in [0.2, 0.25) is 0 Å². The maximum atomic E-state index is 4.10. The summed E-state index contributed by atoms with van der Waals surface area (Å²) in [6.45, 7) is 0. The lowest BCUT2D eigenvalue weighted by molar-refractivity contribution is 0.827. The molecule has 0 saturated heterocycles. The SMILES string of the molecule is c1ncnc([N]c2nc([N]c3ncncn3)nc([N]c3ncncn3)n2)n1. The lowest BCUT2D eigenvalue weighted by atomic mass is 10.7. The van der Waals surface area contributed by atoms with Gasteiger partial charge in [-0.25, -0.2) is 15.0 Å². The molecular weight excluding hydrogens is 354 g/mol. The highest BCUT2D eigenvalue weighted by molar-refractivity contribution is 5.40. The Balaban J connectivity index is 1.64. The van der Waals surface area contributed by atoms with Crippen molar-refractivity contribution in [3.05, 3.63) is 38.0 Å². The van der Waals surface area contributed by atoms with Crippen LogP contribution in [0.25, 0.3) is 0 Å². The molecule has 4 rings (SSSR count). The van der Waals surface area contributed by atoms with Crippen LogP contribution >= 0.6 is 0 Å². The third-order valence-electron chi connectivity index (χ3n) is 2.64. The zero-order valence-corrected chi connectivity index (χ0v) is 13.2. The fourth-order valence-electron chi connectivity index (χ4n) is 1.63. The minimum atomic E-state index is -0.0307. The van der Waals surface area contributed by atoms with E-state index in [1.165, 1.54) is 38.0 Å². The highest BCUT2D eigenvalue weighted by Crippen LogP contribution is 2.16. The Morgan fingerprint density at radius 2 is 0.630 bits per heavy atom. The average Bonchev–Trinajstić information content (AvgIpc) is 2.70. The monoisotopic (exact) mass is 360 g/mol. The van der Waals surface area contributed by atoms with Gasteiger partial charge in [-0.05, 0) is 0 Å². The number of nitrogens with zero attached hydrogens (tertiary/aromatic N) is 15. The number of hydrogen-bond acceptors (Lipinski definition) is 12. The minimum absolute atomic E-state index is 0.0307. The summed E-state index contributed by atoms with van der Waals surface area (Å²) in [5, 5.41) is 12.3. The van der Waals surface area contributed by atoms with Crippen LogP contribution in [0.2, 0.25) is 0 Å². The van der Waals surface area contributed by atoms with Gasteiger partial charge in [0.05, 0.1) is 0 Å². The Morgan fingerprint density at radius 3 is 0.889 bits per heavy atom. The smallest absolute Gasteiger partial charge is 0.225 e. The minimum Gasteiger partial charge on any atom is -0.225 e. The Labute approximate surface area is 150 Å². The molecule has 0 aliphatic heterocycles. The molecule has 0 aromatic carbocycles. The quantitative estimate of drug-likeness (QED) is 0.412. The van der Waals surface area contributed by atoms with Crippen molar-refractivity contribution in [3.8, 4) is 0 Å². The van der Waals surface area contributed by atoms with Crippen LogP contribution in [-0.4, -0.2) is 59.8 Å². The maximum absolute atomic E-state index is 4.10. The van der Waals surface area contributed by atoms with Gasteiger partial charge in [0, 0.05) is 0 Å². The molecule has 0 aliphatic rings. The summed E-state index contributed by atoms with van der Waals surface area (Å²) in [4.78, 5) is 46.7. The molecule has 0 amide bonds. The van der Waals surface area contributed by atoms with Crippen molar-refractivity contribution in [3.63, 3.8) is 0 Å².